The fourth-order valence-corrected chi connectivity index (χ4v) is 2.07. The summed E-state index contributed by atoms with van der Waals surface area (Å²) < 4.78 is 41.9. The highest BCUT2D eigenvalue weighted by Crippen LogP contribution is 2.15. The monoisotopic (exact) mass is 337 g/mol. The number of alkyl halides is 2. The Balaban J connectivity index is 1.87. The van der Waals surface area contributed by atoms with Gasteiger partial charge in [0.15, 0.2) is 5.96 Å². The Morgan fingerprint density at radius 2 is 1.67 bits per heavy atom. The zero-order valence-electron chi connectivity index (χ0n) is 13.1. The van der Waals surface area contributed by atoms with Crippen LogP contribution in [0.2, 0.25) is 0 Å². The van der Waals surface area contributed by atoms with Gasteiger partial charge in [0.2, 0.25) is 0 Å². The first kappa shape index (κ1) is 17.7. The van der Waals surface area contributed by atoms with Crippen molar-refractivity contribution >= 4 is 5.96 Å². The molecule has 7 heteroatoms. The average molecular weight is 337 g/mol. The van der Waals surface area contributed by atoms with Crippen LogP contribution in [0.15, 0.2) is 53.5 Å². The topological polar surface area (TPSA) is 45.7 Å². The van der Waals surface area contributed by atoms with E-state index in [1.54, 1.807) is 31.3 Å². The highest BCUT2D eigenvalue weighted by Gasteiger charge is 2.05. The average Bonchev–Trinajstić information content (AvgIpc) is 2.55. The quantitative estimate of drug-likeness (QED) is 0.628. The number of aliphatic imine (C=N–C) groups is 1. The number of hydrogen-bond acceptors (Lipinski definition) is 2. The van der Waals surface area contributed by atoms with Crippen molar-refractivity contribution in [3.05, 3.63) is 65.5 Å². The Morgan fingerprint density at radius 1 is 1.04 bits per heavy atom. The third kappa shape index (κ3) is 5.83. The van der Waals surface area contributed by atoms with Crippen molar-refractivity contribution in [2.24, 2.45) is 4.99 Å². The summed E-state index contributed by atoms with van der Waals surface area (Å²) in [5.41, 5.74) is 1.55. The Kier molecular flexibility index (Phi) is 6.48. The molecule has 128 valence electrons. The maximum absolute atomic E-state index is 13.1. The minimum atomic E-state index is -2.85. The predicted molar refractivity (Wildman–Crippen MR) is 86.5 cm³/mol. The van der Waals surface area contributed by atoms with Crippen molar-refractivity contribution in [1.29, 1.82) is 0 Å². The van der Waals surface area contributed by atoms with E-state index in [2.05, 4.69) is 20.4 Å². The molecule has 0 aliphatic heterocycles. The second kappa shape index (κ2) is 8.81. The summed E-state index contributed by atoms with van der Waals surface area (Å²) in [6.45, 7) is -2.07. The van der Waals surface area contributed by atoms with E-state index in [0.717, 1.165) is 11.1 Å². The van der Waals surface area contributed by atoms with Gasteiger partial charge in [0.1, 0.15) is 11.6 Å². The van der Waals surface area contributed by atoms with E-state index in [4.69, 9.17) is 0 Å². The molecule has 0 atom stereocenters. The summed E-state index contributed by atoms with van der Waals surface area (Å²) in [6, 6.07) is 12.7. The maximum Gasteiger partial charge on any atom is 0.387 e. The molecule has 2 aromatic carbocycles. The van der Waals surface area contributed by atoms with Gasteiger partial charge in [-0.25, -0.2) is 4.39 Å². The van der Waals surface area contributed by atoms with E-state index in [0.29, 0.717) is 19.0 Å². The van der Waals surface area contributed by atoms with Crippen LogP contribution in [0.4, 0.5) is 13.2 Å². The van der Waals surface area contributed by atoms with Gasteiger partial charge in [-0.1, -0.05) is 24.3 Å². The van der Waals surface area contributed by atoms with Crippen molar-refractivity contribution in [2.45, 2.75) is 19.7 Å². The summed E-state index contributed by atoms with van der Waals surface area (Å²) in [5, 5.41) is 6.10. The zero-order chi connectivity index (χ0) is 17.4. The second-order valence-corrected chi connectivity index (χ2v) is 4.94. The number of ether oxygens (including phenoxy) is 1. The summed E-state index contributed by atoms with van der Waals surface area (Å²) in [7, 11) is 1.61. The molecule has 0 aliphatic rings. The number of benzene rings is 2. The van der Waals surface area contributed by atoms with Gasteiger partial charge < -0.3 is 15.4 Å². The molecule has 0 aliphatic carbocycles. The largest absolute Gasteiger partial charge is 0.435 e. The van der Waals surface area contributed by atoms with Gasteiger partial charge in [0, 0.05) is 20.1 Å². The molecule has 4 nitrogen and oxygen atoms in total. The van der Waals surface area contributed by atoms with Crippen LogP contribution >= 0.6 is 0 Å². The third-order valence-corrected chi connectivity index (χ3v) is 3.16. The highest BCUT2D eigenvalue weighted by atomic mass is 19.3. The molecular weight excluding hydrogens is 319 g/mol. The highest BCUT2D eigenvalue weighted by molar-refractivity contribution is 5.79. The Bertz CT molecular complexity index is 692. The molecule has 0 saturated carbocycles. The molecule has 0 radical (unpaired) electrons. The molecule has 0 heterocycles. The van der Waals surface area contributed by atoms with Crippen LogP contribution in [-0.4, -0.2) is 19.6 Å². The van der Waals surface area contributed by atoms with Crippen LogP contribution < -0.4 is 15.4 Å². The van der Waals surface area contributed by atoms with Crippen molar-refractivity contribution in [3.8, 4) is 5.75 Å². The van der Waals surface area contributed by atoms with Crippen LogP contribution in [0.25, 0.3) is 0 Å². The first-order valence-corrected chi connectivity index (χ1v) is 7.29. The second-order valence-electron chi connectivity index (χ2n) is 4.94. The Morgan fingerprint density at radius 3 is 2.25 bits per heavy atom. The van der Waals surface area contributed by atoms with Crippen molar-refractivity contribution in [1.82, 2.24) is 10.6 Å². The number of nitrogens with one attached hydrogen (secondary N) is 2. The SMILES string of the molecule is CN=C(NCc1cccc(F)c1)NCc1cccc(OC(F)F)c1. The summed E-state index contributed by atoms with van der Waals surface area (Å²) in [5.74, 6) is 0.319. The van der Waals surface area contributed by atoms with Gasteiger partial charge in [-0.05, 0) is 35.4 Å². The standard InChI is InChI=1S/C17H18F3N3O/c1-21-17(22-10-12-4-2-6-14(18)8-12)23-11-13-5-3-7-15(9-13)24-16(19)20/h2-9,16H,10-11H2,1H3,(H2,21,22,23). The van der Waals surface area contributed by atoms with E-state index in [1.165, 1.54) is 24.3 Å². The van der Waals surface area contributed by atoms with E-state index in [-0.39, 0.29) is 11.6 Å². The molecule has 0 saturated heterocycles. The number of halogens is 3. The van der Waals surface area contributed by atoms with Gasteiger partial charge in [0.25, 0.3) is 0 Å². The van der Waals surface area contributed by atoms with Crippen molar-refractivity contribution in [2.75, 3.05) is 7.05 Å². The molecule has 2 aromatic rings. The predicted octanol–water partition coefficient (Wildman–Crippen LogP) is 3.29. The fourth-order valence-electron chi connectivity index (χ4n) is 2.07. The van der Waals surface area contributed by atoms with Crippen LogP contribution in [-0.2, 0) is 13.1 Å². The molecule has 0 fully saturated rings. The van der Waals surface area contributed by atoms with Crippen molar-refractivity contribution < 1.29 is 17.9 Å². The molecule has 0 unspecified atom stereocenters. The van der Waals surface area contributed by atoms with E-state index >= 15 is 0 Å². The lowest BCUT2D eigenvalue weighted by atomic mass is 10.2. The normalized spacial score (nSPS) is 11.5. The first-order chi connectivity index (χ1) is 11.6. The summed E-state index contributed by atoms with van der Waals surface area (Å²) in [4.78, 5) is 4.06. The van der Waals surface area contributed by atoms with E-state index < -0.39 is 6.61 Å². The van der Waals surface area contributed by atoms with Gasteiger partial charge in [-0.2, -0.15) is 8.78 Å². The lowest BCUT2D eigenvalue weighted by molar-refractivity contribution is -0.0498. The molecule has 2 rings (SSSR count). The Hall–Kier alpha value is -2.70. The molecule has 24 heavy (non-hydrogen) atoms. The molecular formula is C17H18F3N3O. The van der Waals surface area contributed by atoms with Crippen LogP contribution in [0.3, 0.4) is 0 Å². The van der Waals surface area contributed by atoms with Crippen molar-refractivity contribution in [3.63, 3.8) is 0 Å². The molecule has 0 aromatic heterocycles. The number of nitrogens with zero attached hydrogens (tertiary/aromatic N) is 1. The third-order valence-electron chi connectivity index (χ3n) is 3.16. The molecule has 0 bridgehead atoms. The fraction of sp³-hybridized carbons (Fsp3) is 0.235. The van der Waals surface area contributed by atoms with Crippen LogP contribution in [0.1, 0.15) is 11.1 Å². The van der Waals surface area contributed by atoms with E-state index in [9.17, 15) is 13.2 Å². The van der Waals surface area contributed by atoms with Crippen LogP contribution in [0.5, 0.6) is 5.75 Å². The van der Waals surface area contributed by atoms with Gasteiger partial charge in [-0.3, -0.25) is 4.99 Å². The first-order valence-electron chi connectivity index (χ1n) is 7.29. The van der Waals surface area contributed by atoms with Gasteiger partial charge in [-0.15, -0.1) is 0 Å². The van der Waals surface area contributed by atoms with Crippen LogP contribution in [0, 0.1) is 5.82 Å². The summed E-state index contributed by atoms with van der Waals surface area (Å²) in [6.07, 6.45) is 0. The molecule has 0 amide bonds. The maximum atomic E-state index is 13.1. The smallest absolute Gasteiger partial charge is 0.387 e. The lowest BCUT2D eigenvalue weighted by Crippen LogP contribution is -2.36. The van der Waals surface area contributed by atoms with Gasteiger partial charge in [0.05, 0.1) is 0 Å². The number of hydrogen-bond donors (Lipinski definition) is 2. The Labute approximate surface area is 138 Å². The lowest BCUT2D eigenvalue weighted by Gasteiger charge is -2.13. The molecule has 0 spiro atoms. The summed E-state index contributed by atoms with van der Waals surface area (Å²) >= 11 is 0. The number of guanidine groups is 1. The zero-order valence-corrected chi connectivity index (χ0v) is 13.1. The van der Waals surface area contributed by atoms with Gasteiger partial charge >= 0.3 is 6.61 Å². The van der Waals surface area contributed by atoms with E-state index in [1.807, 2.05) is 0 Å². The molecule has 2 N–H and O–H groups in total. The minimum Gasteiger partial charge on any atom is -0.435 e. The number of rotatable bonds is 6. The minimum absolute atomic E-state index is 0.104.